The molecule has 0 fully saturated rings. The lowest BCUT2D eigenvalue weighted by molar-refractivity contribution is -0.385. The fourth-order valence-corrected chi connectivity index (χ4v) is 4.06. The summed E-state index contributed by atoms with van der Waals surface area (Å²) in [7, 11) is 0. The summed E-state index contributed by atoms with van der Waals surface area (Å²) in [5.74, 6) is -0.179. The van der Waals surface area contributed by atoms with E-state index in [1.54, 1.807) is 0 Å². The zero-order chi connectivity index (χ0) is 24.1. The van der Waals surface area contributed by atoms with Gasteiger partial charge in [-0.05, 0) is 50.9 Å². The van der Waals surface area contributed by atoms with E-state index in [0.29, 0.717) is 5.75 Å². The molecule has 0 bridgehead atoms. The fraction of sp³-hybridized carbons (Fsp3) is 0.391. The molecule has 0 aliphatic carbocycles. The summed E-state index contributed by atoms with van der Waals surface area (Å²) in [6, 6.07) is 9.98. The minimum Gasteiger partial charge on any atom is -0.506 e. The van der Waals surface area contributed by atoms with Gasteiger partial charge >= 0.3 is 0 Å². The van der Waals surface area contributed by atoms with Crippen LogP contribution in [0.1, 0.15) is 52.2 Å². The van der Waals surface area contributed by atoms with Crippen LogP contribution in [0.2, 0.25) is 0 Å². The molecule has 2 aromatic rings. The number of ether oxygens (including phenoxy) is 1. The number of rotatable bonds is 8. The third kappa shape index (κ3) is 7.33. The van der Waals surface area contributed by atoms with Gasteiger partial charge in [0.05, 0.1) is 15.6 Å². The van der Waals surface area contributed by atoms with Crippen molar-refractivity contribution in [3.8, 4) is 11.5 Å². The number of nitro groups is 1. The lowest BCUT2D eigenvalue weighted by Gasteiger charge is -2.33. The summed E-state index contributed by atoms with van der Waals surface area (Å²) in [6.07, 6.45) is 2.15. The molecule has 0 saturated heterocycles. The Hall–Kier alpha value is -2.94. The van der Waals surface area contributed by atoms with Crippen molar-refractivity contribution < 1.29 is 19.6 Å². The summed E-state index contributed by atoms with van der Waals surface area (Å²) >= 11 is 3.04. The van der Waals surface area contributed by atoms with Crippen LogP contribution in [0.5, 0.6) is 11.5 Å². The summed E-state index contributed by atoms with van der Waals surface area (Å²) in [5, 5.41) is 24.6. The Morgan fingerprint density at radius 3 is 2.41 bits per heavy atom. The highest BCUT2D eigenvalue weighted by Crippen LogP contribution is 2.36. The number of amides is 1. The second kappa shape index (κ2) is 10.1. The Kier molecular flexibility index (Phi) is 8.01. The summed E-state index contributed by atoms with van der Waals surface area (Å²) < 4.78 is 5.65. The van der Waals surface area contributed by atoms with E-state index in [0.717, 1.165) is 18.7 Å². The number of carbonyl (C=O) groups is 1. The highest BCUT2D eigenvalue weighted by atomic mass is 79.9. The smallest absolute Gasteiger partial charge is 0.277 e. The van der Waals surface area contributed by atoms with Crippen LogP contribution >= 0.6 is 15.9 Å². The number of aromatic hydroxyl groups is 1. The first-order valence-corrected chi connectivity index (χ1v) is 10.8. The molecule has 1 amide bonds. The van der Waals surface area contributed by atoms with Gasteiger partial charge in [-0.2, -0.15) is 5.10 Å². The Morgan fingerprint density at radius 1 is 1.22 bits per heavy atom. The molecule has 0 aromatic heterocycles. The highest BCUT2D eigenvalue weighted by molar-refractivity contribution is 9.10. The van der Waals surface area contributed by atoms with Crippen LogP contribution in [-0.4, -0.2) is 28.8 Å². The predicted molar refractivity (Wildman–Crippen MR) is 127 cm³/mol. The molecule has 0 aliphatic rings. The van der Waals surface area contributed by atoms with Crippen LogP contribution in [0, 0.1) is 15.5 Å². The maximum atomic E-state index is 12.0. The third-order valence-corrected chi connectivity index (χ3v) is 5.26. The van der Waals surface area contributed by atoms with Gasteiger partial charge in [0.25, 0.3) is 11.6 Å². The predicted octanol–water partition coefficient (Wildman–Crippen LogP) is 5.31. The maximum absolute atomic E-state index is 12.0. The van der Waals surface area contributed by atoms with Crippen molar-refractivity contribution in [3.05, 3.63) is 62.1 Å². The van der Waals surface area contributed by atoms with Gasteiger partial charge in [0.15, 0.2) is 6.61 Å². The molecule has 0 aliphatic heterocycles. The first-order chi connectivity index (χ1) is 14.8. The Bertz CT molecular complexity index is 1010. The number of benzene rings is 2. The number of nitrogens with zero attached hydrogens (tertiary/aromatic N) is 2. The van der Waals surface area contributed by atoms with E-state index < -0.39 is 10.8 Å². The zero-order valence-electron chi connectivity index (χ0n) is 18.8. The average molecular weight is 506 g/mol. The van der Waals surface area contributed by atoms with Crippen LogP contribution in [0.3, 0.4) is 0 Å². The molecule has 0 radical (unpaired) electrons. The molecule has 9 heteroatoms. The number of phenolic OH excluding ortho intramolecular Hbond substituents is 1. The molecule has 172 valence electrons. The Balaban J connectivity index is 1.93. The molecule has 2 N–H and O–H groups in total. The Morgan fingerprint density at radius 2 is 1.84 bits per heavy atom. The number of nitro benzene ring substituents is 1. The topological polar surface area (TPSA) is 114 Å². The van der Waals surface area contributed by atoms with Crippen molar-refractivity contribution in [2.45, 2.75) is 46.5 Å². The molecule has 2 rings (SSSR count). The molecular weight excluding hydrogens is 478 g/mol. The van der Waals surface area contributed by atoms with Gasteiger partial charge in [-0.3, -0.25) is 14.9 Å². The first-order valence-electron chi connectivity index (χ1n) is 10.0. The van der Waals surface area contributed by atoms with E-state index in [4.69, 9.17) is 4.74 Å². The van der Waals surface area contributed by atoms with E-state index >= 15 is 0 Å². The second-order valence-electron chi connectivity index (χ2n) is 9.35. The van der Waals surface area contributed by atoms with Gasteiger partial charge < -0.3 is 9.84 Å². The summed E-state index contributed by atoms with van der Waals surface area (Å²) in [6.45, 7) is 10.8. The third-order valence-electron chi connectivity index (χ3n) is 4.66. The maximum Gasteiger partial charge on any atom is 0.277 e. The quantitative estimate of drug-likeness (QED) is 0.286. The van der Waals surface area contributed by atoms with E-state index in [1.807, 2.05) is 24.3 Å². The summed E-state index contributed by atoms with van der Waals surface area (Å²) in [5.41, 5.74) is 3.53. The Labute approximate surface area is 196 Å². The number of non-ortho nitro benzene ring substituents is 1. The molecule has 0 saturated carbocycles. The van der Waals surface area contributed by atoms with Crippen LogP contribution in [0.4, 0.5) is 5.69 Å². The lowest BCUT2D eigenvalue weighted by atomic mass is 9.72. The van der Waals surface area contributed by atoms with Gasteiger partial charge in [-0.15, -0.1) is 0 Å². The zero-order valence-corrected chi connectivity index (χ0v) is 20.4. The number of carbonyl (C=O) groups excluding carboxylic acids is 1. The standard InChI is InChI=1S/C23H28BrN3O5/c1-22(2,3)14-23(4,5)16-6-8-18(9-7-16)32-13-20(28)26-25-12-15-10-17(27(30)31)11-19(24)21(15)29/h6-12,29H,13-14H2,1-5H3,(H,26,28). The minimum absolute atomic E-state index is 0.00986. The number of hydrogen-bond acceptors (Lipinski definition) is 6. The SMILES string of the molecule is CC(C)(C)CC(C)(C)c1ccc(OCC(=O)NN=Cc2cc([N+](=O)[O-])cc(Br)c2O)cc1. The molecule has 0 atom stereocenters. The normalized spacial score (nSPS) is 12.1. The van der Waals surface area contributed by atoms with Gasteiger partial charge in [-0.25, -0.2) is 5.43 Å². The second-order valence-corrected chi connectivity index (χ2v) is 10.2. The molecule has 0 spiro atoms. The van der Waals surface area contributed by atoms with E-state index in [1.165, 1.54) is 11.6 Å². The van der Waals surface area contributed by atoms with Crippen molar-refractivity contribution in [2.75, 3.05) is 6.61 Å². The van der Waals surface area contributed by atoms with Gasteiger partial charge in [-0.1, -0.05) is 46.8 Å². The van der Waals surface area contributed by atoms with Gasteiger partial charge in [0, 0.05) is 17.7 Å². The largest absolute Gasteiger partial charge is 0.506 e. The molecule has 8 nitrogen and oxygen atoms in total. The van der Waals surface area contributed by atoms with Crippen molar-refractivity contribution in [2.24, 2.45) is 10.5 Å². The number of hydrazone groups is 1. The molecule has 0 unspecified atom stereocenters. The van der Waals surface area contributed by atoms with Crippen LogP contribution in [-0.2, 0) is 10.2 Å². The van der Waals surface area contributed by atoms with Gasteiger partial charge in [0.2, 0.25) is 0 Å². The van der Waals surface area contributed by atoms with Crippen molar-refractivity contribution in [3.63, 3.8) is 0 Å². The van der Waals surface area contributed by atoms with E-state index in [2.05, 4.69) is 61.1 Å². The summed E-state index contributed by atoms with van der Waals surface area (Å²) in [4.78, 5) is 22.3. The fourth-order valence-electron chi connectivity index (χ4n) is 3.59. The lowest BCUT2D eigenvalue weighted by Crippen LogP contribution is -2.25. The van der Waals surface area contributed by atoms with Crippen molar-refractivity contribution in [1.29, 1.82) is 0 Å². The molecule has 32 heavy (non-hydrogen) atoms. The monoisotopic (exact) mass is 505 g/mol. The average Bonchev–Trinajstić information content (AvgIpc) is 2.67. The van der Waals surface area contributed by atoms with Crippen LogP contribution < -0.4 is 10.2 Å². The number of nitrogens with one attached hydrogen (secondary N) is 1. The molecule has 2 aromatic carbocycles. The molecule has 0 heterocycles. The van der Waals surface area contributed by atoms with E-state index in [-0.39, 0.29) is 38.9 Å². The number of halogens is 1. The van der Waals surface area contributed by atoms with Crippen molar-refractivity contribution >= 4 is 33.7 Å². The first kappa shape index (κ1) is 25.3. The minimum atomic E-state index is -0.594. The van der Waals surface area contributed by atoms with Crippen LogP contribution in [0.25, 0.3) is 0 Å². The van der Waals surface area contributed by atoms with Gasteiger partial charge in [0.1, 0.15) is 11.5 Å². The van der Waals surface area contributed by atoms with Crippen molar-refractivity contribution in [1.82, 2.24) is 5.43 Å². The highest BCUT2D eigenvalue weighted by Gasteiger charge is 2.27. The van der Waals surface area contributed by atoms with E-state index in [9.17, 15) is 20.0 Å². The number of hydrogen-bond donors (Lipinski definition) is 2. The number of phenols is 1. The molecular formula is C23H28BrN3O5. The van der Waals surface area contributed by atoms with Crippen LogP contribution in [0.15, 0.2) is 46.0 Å².